The van der Waals surface area contributed by atoms with Gasteiger partial charge >= 0.3 is 0 Å². The summed E-state index contributed by atoms with van der Waals surface area (Å²) in [5.74, 6) is -2.38. The third-order valence-corrected chi connectivity index (χ3v) is 7.46. The minimum absolute atomic E-state index is 0.124. The molecule has 11 heteroatoms. The molecule has 3 aromatic carbocycles. The van der Waals surface area contributed by atoms with Crippen molar-refractivity contribution in [1.29, 1.82) is 0 Å². The van der Waals surface area contributed by atoms with E-state index in [9.17, 15) is 13.6 Å². The number of carbonyl (C=O) groups is 1. The van der Waals surface area contributed by atoms with Gasteiger partial charge in [0.25, 0.3) is 5.91 Å². The van der Waals surface area contributed by atoms with Crippen LogP contribution in [0.4, 0.5) is 26.1 Å². The topological polar surface area (TPSA) is 108 Å². The molecule has 3 heterocycles. The minimum Gasteiger partial charge on any atom is -0.395 e. The van der Waals surface area contributed by atoms with Crippen LogP contribution in [0.15, 0.2) is 103 Å². The summed E-state index contributed by atoms with van der Waals surface area (Å²) in [6, 6.07) is 25.7. The zero-order valence-electron chi connectivity index (χ0n) is 25.0. The number of nitrogens with one attached hydrogen (secondary N) is 2. The third kappa shape index (κ3) is 6.75. The lowest BCUT2D eigenvalue weighted by Crippen LogP contribution is -2.24. The average Bonchev–Trinajstić information content (AvgIpc) is 3.44. The first kappa shape index (κ1) is 30.5. The van der Waals surface area contributed by atoms with Crippen LogP contribution in [0.3, 0.4) is 0 Å². The molecule has 9 nitrogen and oxygen atoms in total. The summed E-state index contributed by atoms with van der Waals surface area (Å²) in [5, 5.41) is 15.1. The standard InChI is InChI=1S/C35H31F2N7O2/c1-43(19-20-45)18-15-23-7-4-9-25(21-23)40-35-38-16-14-29(41-35)33-32(42-30-13-2-3-17-44(30)33)24-8-5-10-26(22-24)39-34(46)31-27(36)11-6-12-28(31)37/h2-14,16-17,21-22,45H,15,18-20H2,1H3,(H,39,46)(H,38,40,41). The predicted molar refractivity (Wildman–Crippen MR) is 174 cm³/mol. The molecule has 6 rings (SSSR count). The Bertz CT molecular complexity index is 1990. The van der Waals surface area contributed by atoms with E-state index in [4.69, 9.17) is 15.1 Å². The molecule has 6 aromatic rings. The number of imidazole rings is 1. The molecule has 0 unspecified atom stereocenters. The van der Waals surface area contributed by atoms with Gasteiger partial charge in [0.15, 0.2) is 0 Å². The molecule has 0 atom stereocenters. The molecule has 0 bridgehead atoms. The lowest BCUT2D eigenvalue weighted by molar-refractivity contribution is 0.101. The maximum atomic E-state index is 14.2. The number of rotatable bonds is 11. The highest BCUT2D eigenvalue weighted by atomic mass is 19.1. The van der Waals surface area contributed by atoms with Crippen molar-refractivity contribution in [3.8, 4) is 22.6 Å². The van der Waals surface area contributed by atoms with E-state index < -0.39 is 23.1 Å². The predicted octanol–water partition coefficient (Wildman–Crippen LogP) is 6.20. The molecule has 0 aliphatic carbocycles. The van der Waals surface area contributed by atoms with Gasteiger partial charge in [0.05, 0.1) is 23.7 Å². The fourth-order valence-corrected chi connectivity index (χ4v) is 5.18. The molecule has 3 aromatic heterocycles. The number of hydrogen-bond donors (Lipinski definition) is 3. The number of aliphatic hydroxyl groups is 1. The maximum Gasteiger partial charge on any atom is 0.261 e. The third-order valence-electron chi connectivity index (χ3n) is 7.46. The zero-order chi connectivity index (χ0) is 32.0. The number of fused-ring (bicyclic) bond motifs is 1. The second kappa shape index (κ2) is 13.6. The number of benzene rings is 3. The van der Waals surface area contributed by atoms with Gasteiger partial charge in [-0.15, -0.1) is 0 Å². The maximum absolute atomic E-state index is 14.2. The summed E-state index contributed by atoms with van der Waals surface area (Å²) in [6.45, 7) is 1.56. The van der Waals surface area contributed by atoms with Gasteiger partial charge in [-0.1, -0.05) is 36.4 Å². The molecule has 0 aliphatic rings. The Hall–Kier alpha value is -5.52. The lowest BCUT2D eigenvalue weighted by atomic mass is 10.1. The van der Waals surface area contributed by atoms with Crippen LogP contribution in [0.2, 0.25) is 0 Å². The first-order chi connectivity index (χ1) is 22.4. The first-order valence-corrected chi connectivity index (χ1v) is 14.7. The number of anilines is 3. The number of amides is 1. The summed E-state index contributed by atoms with van der Waals surface area (Å²) in [4.78, 5) is 29.0. The fraction of sp³-hybridized carbons (Fsp3) is 0.143. The van der Waals surface area contributed by atoms with Crippen LogP contribution in [-0.2, 0) is 6.42 Å². The molecule has 46 heavy (non-hydrogen) atoms. The highest BCUT2D eigenvalue weighted by Gasteiger charge is 2.20. The van der Waals surface area contributed by atoms with Gasteiger partial charge in [-0.25, -0.2) is 23.7 Å². The molecule has 0 radical (unpaired) electrons. The second-order valence-corrected chi connectivity index (χ2v) is 10.7. The lowest BCUT2D eigenvalue weighted by Gasteiger charge is -2.15. The Morgan fingerprint density at radius 2 is 1.67 bits per heavy atom. The number of hydrogen-bond acceptors (Lipinski definition) is 7. The van der Waals surface area contributed by atoms with E-state index in [2.05, 4.69) is 32.7 Å². The van der Waals surface area contributed by atoms with Gasteiger partial charge in [0, 0.05) is 42.4 Å². The van der Waals surface area contributed by atoms with Gasteiger partial charge in [-0.3, -0.25) is 9.20 Å². The van der Waals surface area contributed by atoms with E-state index in [1.54, 1.807) is 30.5 Å². The van der Waals surface area contributed by atoms with Gasteiger partial charge in [-0.2, -0.15) is 0 Å². The number of halogens is 2. The van der Waals surface area contributed by atoms with Crippen molar-refractivity contribution in [3.05, 3.63) is 126 Å². The number of likely N-dealkylation sites (N-methyl/N-ethyl adjacent to an activating group) is 1. The van der Waals surface area contributed by atoms with Crippen LogP contribution in [0.5, 0.6) is 0 Å². The molecule has 1 amide bonds. The number of pyridine rings is 1. The highest BCUT2D eigenvalue weighted by molar-refractivity contribution is 6.05. The Kier molecular flexibility index (Phi) is 9.04. The van der Waals surface area contributed by atoms with Crippen molar-refractivity contribution in [2.24, 2.45) is 0 Å². The summed E-state index contributed by atoms with van der Waals surface area (Å²) in [7, 11) is 1.98. The van der Waals surface area contributed by atoms with Crippen LogP contribution in [0.1, 0.15) is 15.9 Å². The summed E-state index contributed by atoms with van der Waals surface area (Å²) >= 11 is 0. The van der Waals surface area contributed by atoms with Gasteiger partial charge in [-0.05, 0) is 73.6 Å². The van der Waals surface area contributed by atoms with E-state index >= 15 is 0 Å². The average molecular weight is 620 g/mol. The monoisotopic (exact) mass is 619 g/mol. The highest BCUT2D eigenvalue weighted by Crippen LogP contribution is 2.33. The van der Waals surface area contributed by atoms with Crippen molar-refractivity contribution in [1.82, 2.24) is 24.3 Å². The number of aliphatic hydroxyl groups excluding tert-OH is 1. The van der Waals surface area contributed by atoms with Crippen LogP contribution in [0, 0.1) is 11.6 Å². The largest absolute Gasteiger partial charge is 0.395 e. The molecular weight excluding hydrogens is 588 g/mol. The molecule has 232 valence electrons. The van der Waals surface area contributed by atoms with E-state index in [0.29, 0.717) is 46.5 Å². The molecule has 0 aliphatic heterocycles. The normalized spacial score (nSPS) is 11.2. The number of carbonyl (C=O) groups excluding carboxylic acids is 1. The van der Waals surface area contributed by atoms with E-state index in [1.807, 2.05) is 54.0 Å². The van der Waals surface area contributed by atoms with Crippen molar-refractivity contribution >= 4 is 28.9 Å². The molecule has 0 spiro atoms. The molecular formula is C35H31F2N7O2. The smallest absolute Gasteiger partial charge is 0.261 e. The van der Waals surface area contributed by atoms with Crippen LogP contribution >= 0.6 is 0 Å². The van der Waals surface area contributed by atoms with Crippen molar-refractivity contribution in [3.63, 3.8) is 0 Å². The SMILES string of the molecule is CN(CCO)CCc1cccc(Nc2nccc(-c3c(-c4cccc(NC(=O)c5c(F)cccc5F)c4)nc4ccccn34)n2)c1. The number of aromatic nitrogens is 4. The van der Waals surface area contributed by atoms with Gasteiger partial charge < -0.3 is 20.6 Å². The van der Waals surface area contributed by atoms with E-state index in [1.165, 1.54) is 6.07 Å². The quantitative estimate of drug-likeness (QED) is 0.159. The molecule has 0 saturated heterocycles. The minimum atomic E-state index is -0.943. The number of nitrogens with zero attached hydrogens (tertiary/aromatic N) is 5. The van der Waals surface area contributed by atoms with Gasteiger partial charge in [0.2, 0.25) is 5.95 Å². The van der Waals surface area contributed by atoms with E-state index in [0.717, 1.165) is 36.3 Å². The van der Waals surface area contributed by atoms with Crippen LogP contribution in [-0.4, -0.2) is 62.0 Å². The summed E-state index contributed by atoms with van der Waals surface area (Å²) in [6.07, 6.45) is 4.39. The Labute approximate surface area is 264 Å². The summed E-state index contributed by atoms with van der Waals surface area (Å²) < 4.78 is 30.4. The molecule has 3 N–H and O–H groups in total. The summed E-state index contributed by atoms with van der Waals surface area (Å²) in [5.41, 5.74) is 4.92. The molecule has 0 saturated carbocycles. The van der Waals surface area contributed by atoms with Crippen LogP contribution in [0.25, 0.3) is 28.3 Å². The second-order valence-electron chi connectivity index (χ2n) is 10.7. The fourth-order valence-electron chi connectivity index (χ4n) is 5.18. The first-order valence-electron chi connectivity index (χ1n) is 14.7. The molecule has 0 fully saturated rings. The Balaban J connectivity index is 1.30. The zero-order valence-corrected chi connectivity index (χ0v) is 25.0. The van der Waals surface area contributed by atoms with E-state index in [-0.39, 0.29) is 6.61 Å². The van der Waals surface area contributed by atoms with Crippen molar-refractivity contribution in [2.45, 2.75) is 6.42 Å². The van der Waals surface area contributed by atoms with Gasteiger partial charge in [0.1, 0.15) is 22.8 Å². The Morgan fingerprint density at radius 1 is 0.891 bits per heavy atom. The van der Waals surface area contributed by atoms with Crippen molar-refractivity contribution < 1.29 is 18.7 Å². The van der Waals surface area contributed by atoms with Crippen LogP contribution < -0.4 is 10.6 Å². The van der Waals surface area contributed by atoms with Crippen molar-refractivity contribution in [2.75, 3.05) is 37.4 Å². The Morgan fingerprint density at radius 3 is 2.50 bits per heavy atom.